The number of nitrogens with zero attached hydrogens (tertiary/aromatic N) is 2. The van der Waals surface area contributed by atoms with Crippen molar-refractivity contribution in [3.63, 3.8) is 0 Å². The molecule has 5 nitrogen and oxygen atoms in total. The molecule has 2 aromatic rings. The molecular formula is C14H14FLiN2O3. The quantitative estimate of drug-likeness (QED) is 0.610. The Hall–Kier alpha value is -1.35. The van der Waals surface area contributed by atoms with E-state index in [2.05, 4.69) is 4.98 Å². The Labute approximate surface area is 133 Å². The zero-order valence-corrected chi connectivity index (χ0v) is 11.8. The van der Waals surface area contributed by atoms with Gasteiger partial charge in [0.15, 0.2) is 5.82 Å². The van der Waals surface area contributed by atoms with Gasteiger partial charge in [0.25, 0.3) is 0 Å². The number of aromatic nitrogens is 2. The van der Waals surface area contributed by atoms with E-state index in [9.17, 15) is 14.3 Å². The van der Waals surface area contributed by atoms with Crippen molar-refractivity contribution < 1.29 is 37.9 Å². The standard InChI is InChI=1S/C14H15FN2O3.Li/c15-10-1-2-12-11(7-10)16-13(14(18)19)17(12)8-9-3-5-20-6-4-9;/h1-2,7,9H,3-6,8H2,(H,18,19);/q;+1/p-1. The second-order valence-electron chi connectivity index (χ2n) is 5.02. The van der Waals surface area contributed by atoms with E-state index < -0.39 is 11.8 Å². The number of carbonyl (C=O) groups is 1. The fourth-order valence-electron chi connectivity index (χ4n) is 2.63. The molecule has 21 heavy (non-hydrogen) atoms. The summed E-state index contributed by atoms with van der Waals surface area (Å²) >= 11 is 0. The average Bonchev–Trinajstić information content (AvgIpc) is 2.78. The van der Waals surface area contributed by atoms with E-state index in [1.165, 1.54) is 12.1 Å². The number of imidazole rings is 1. The minimum atomic E-state index is -1.34. The minimum Gasteiger partial charge on any atom is -0.542 e. The SMILES string of the molecule is O=C([O-])c1nc2cc(F)ccc2n1CC1CCOCC1.[Li+]. The number of aromatic carboxylic acids is 1. The Morgan fingerprint density at radius 2 is 2.14 bits per heavy atom. The van der Waals surface area contributed by atoms with Gasteiger partial charge < -0.3 is 19.2 Å². The zero-order valence-electron chi connectivity index (χ0n) is 11.8. The molecular weight excluding hydrogens is 270 g/mol. The van der Waals surface area contributed by atoms with E-state index >= 15 is 0 Å². The first-order chi connectivity index (χ1) is 9.65. The van der Waals surface area contributed by atoms with Crippen LogP contribution in [0.5, 0.6) is 0 Å². The summed E-state index contributed by atoms with van der Waals surface area (Å²) in [6.07, 6.45) is 1.76. The van der Waals surface area contributed by atoms with Gasteiger partial charge in [0.1, 0.15) is 11.8 Å². The summed E-state index contributed by atoms with van der Waals surface area (Å²) in [4.78, 5) is 15.2. The Kier molecular flexibility index (Phi) is 5.04. The number of ether oxygens (including phenoxy) is 1. The van der Waals surface area contributed by atoms with Gasteiger partial charge in [0, 0.05) is 25.8 Å². The molecule has 1 aromatic carbocycles. The van der Waals surface area contributed by atoms with Gasteiger partial charge >= 0.3 is 18.9 Å². The maximum absolute atomic E-state index is 13.2. The third-order valence-corrected chi connectivity index (χ3v) is 3.67. The monoisotopic (exact) mass is 284 g/mol. The van der Waals surface area contributed by atoms with Gasteiger partial charge in [-0.15, -0.1) is 0 Å². The first-order valence-corrected chi connectivity index (χ1v) is 6.60. The number of rotatable bonds is 3. The molecule has 1 saturated heterocycles. The molecule has 0 spiro atoms. The van der Waals surface area contributed by atoms with Crippen molar-refractivity contribution in [2.45, 2.75) is 19.4 Å². The number of fused-ring (bicyclic) bond motifs is 1. The molecule has 0 N–H and O–H groups in total. The molecule has 0 unspecified atom stereocenters. The van der Waals surface area contributed by atoms with E-state index in [4.69, 9.17) is 4.74 Å². The molecule has 1 aliphatic heterocycles. The van der Waals surface area contributed by atoms with Crippen molar-refractivity contribution in [3.8, 4) is 0 Å². The molecule has 106 valence electrons. The molecule has 1 fully saturated rings. The van der Waals surface area contributed by atoms with Crippen LogP contribution in [0.25, 0.3) is 11.0 Å². The molecule has 2 heterocycles. The molecule has 7 heteroatoms. The molecule has 1 aliphatic rings. The summed E-state index contributed by atoms with van der Waals surface area (Å²) in [7, 11) is 0. The predicted octanol–water partition coefficient (Wildman–Crippen LogP) is -2.03. The van der Waals surface area contributed by atoms with E-state index in [0.29, 0.717) is 36.7 Å². The smallest absolute Gasteiger partial charge is 0.542 e. The fourth-order valence-corrected chi connectivity index (χ4v) is 2.63. The van der Waals surface area contributed by atoms with Crippen LogP contribution in [0.1, 0.15) is 23.5 Å². The summed E-state index contributed by atoms with van der Waals surface area (Å²) in [5, 5.41) is 11.2. The first-order valence-electron chi connectivity index (χ1n) is 6.60. The molecule has 0 radical (unpaired) electrons. The number of halogens is 1. The van der Waals surface area contributed by atoms with Crippen LogP contribution in [-0.2, 0) is 11.3 Å². The van der Waals surface area contributed by atoms with E-state index in [1.807, 2.05) is 0 Å². The second kappa shape index (κ2) is 6.61. The maximum atomic E-state index is 13.2. The summed E-state index contributed by atoms with van der Waals surface area (Å²) < 4.78 is 20.1. The Morgan fingerprint density at radius 3 is 2.81 bits per heavy atom. The molecule has 3 rings (SSSR count). The van der Waals surface area contributed by atoms with Crippen LogP contribution in [0.15, 0.2) is 18.2 Å². The van der Waals surface area contributed by atoms with E-state index in [-0.39, 0.29) is 24.7 Å². The van der Waals surface area contributed by atoms with Crippen molar-refractivity contribution in [2.75, 3.05) is 13.2 Å². The zero-order chi connectivity index (χ0) is 14.1. The predicted molar refractivity (Wildman–Crippen MR) is 67.6 cm³/mol. The summed E-state index contributed by atoms with van der Waals surface area (Å²) in [6.45, 7) is 1.91. The maximum Gasteiger partial charge on any atom is 1.00 e. The van der Waals surface area contributed by atoms with Crippen LogP contribution in [0.4, 0.5) is 4.39 Å². The summed E-state index contributed by atoms with van der Waals surface area (Å²) in [5.74, 6) is -1.58. The number of hydrogen-bond donors (Lipinski definition) is 0. The third-order valence-electron chi connectivity index (χ3n) is 3.67. The number of carboxylic acids is 1. The van der Waals surface area contributed by atoms with Gasteiger partial charge in [0.05, 0.1) is 11.0 Å². The molecule has 0 amide bonds. The molecule has 1 aromatic heterocycles. The number of carbonyl (C=O) groups excluding carboxylic acids is 1. The van der Waals surface area contributed by atoms with Gasteiger partial charge in [-0.05, 0) is 30.9 Å². The van der Waals surface area contributed by atoms with Crippen molar-refractivity contribution in [1.29, 1.82) is 0 Å². The summed E-state index contributed by atoms with van der Waals surface area (Å²) in [6, 6.07) is 4.11. The van der Waals surface area contributed by atoms with Crippen molar-refractivity contribution >= 4 is 17.0 Å². The van der Waals surface area contributed by atoms with E-state index in [1.54, 1.807) is 10.6 Å². The van der Waals surface area contributed by atoms with Crippen molar-refractivity contribution in [3.05, 3.63) is 29.8 Å². The van der Waals surface area contributed by atoms with E-state index in [0.717, 1.165) is 12.8 Å². The first kappa shape index (κ1) is 16.0. The van der Waals surface area contributed by atoms with Crippen LogP contribution < -0.4 is 24.0 Å². The minimum absolute atomic E-state index is 0. The number of hydrogen-bond acceptors (Lipinski definition) is 4. The Bertz CT molecular complexity index is 653. The molecule has 0 atom stereocenters. The van der Waals surface area contributed by atoms with Gasteiger partial charge in [0.2, 0.25) is 0 Å². The van der Waals surface area contributed by atoms with Gasteiger partial charge in [-0.1, -0.05) is 0 Å². The van der Waals surface area contributed by atoms with Gasteiger partial charge in [-0.2, -0.15) is 0 Å². The molecule has 0 aliphatic carbocycles. The van der Waals surface area contributed by atoms with Crippen molar-refractivity contribution in [1.82, 2.24) is 9.55 Å². The number of carboxylic acid groups (broad SMARTS) is 1. The number of benzene rings is 1. The Morgan fingerprint density at radius 1 is 1.43 bits per heavy atom. The van der Waals surface area contributed by atoms with Crippen LogP contribution >= 0.6 is 0 Å². The average molecular weight is 284 g/mol. The van der Waals surface area contributed by atoms with Crippen LogP contribution in [-0.4, -0.2) is 28.7 Å². The van der Waals surface area contributed by atoms with Crippen LogP contribution in [0.2, 0.25) is 0 Å². The topological polar surface area (TPSA) is 67.2 Å². The normalized spacial score (nSPS) is 15.9. The van der Waals surface area contributed by atoms with Gasteiger partial charge in [-0.3, -0.25) is 0 Å². The van der Waals surface area contributed by atoms with Gasteiger partial charge in [-0.25, -0.2) is 9.37 Å². The molecule has 0 saturated carbocycles. The Balaban J connectivity index is 0.00000161. The van der Waals surface area contributed by atoms with Crippen LogP contribution in [0, 0.1) is 11.7 Å². The summed E-state index contributed by atoms with van der Waals surface area (Å²) in [5.41, 5.74) is 0.966. The van der Waals surface area contributed by atoms with Crippen molar-refractivity contribution in [2.24, 2.45) is 5.92 Å². The largest absolute Gasteiger partial charge is 1.00 e. The third kappa shape index (κ3) is 3.29. The fraction of sp³-hybridized carbons (Fsp3) is 0.429. The van der Waals surface area contributed by atoms with Crippen LogP contribution in [0.3, 0.4) is 0 Å². The molecule has 0 bridgehead atoms. The second-order valence-corrected chi connectivity index (χ2v) is 5.02.